The molecule has 0 unspecified atom stereocenters. The van der Waals surface area contributed by atoms with E-state index < -0.39 is 4.92 Å². The maximum Gasteiger partial charge on any atom is 0.269 e. The molecule has 2 rings (SSSR count). The zero-order chi connectivity index (χ0) is 16.7. The molecule has 0 aliphatic carbocycles. The van der Waals surface area contributed by atoms with Gasteiger partial charge in [-0.2, -0.15) is 0 Å². The number of anilines is 1. The minimum atomic E-state index is -0.459. The van der Waals surface area contributed by atoms with Gasteiger partial charge in [0.15, 0.2) is 0 Å². The van der Waals surface area contributed by atoms with Crippen LogP contribution in [0.2, 0.25) is 0 Å². The highest BCUT2D eigenvalue weighted by Gasteiger charge is 2.04. The van der Waals surface area contributed by atoms with Crippen LogP contribution in [0.25, 0.3) is 0 Å². The van der Waals surface area contributed by atoms with Gasteiger partial charge in [-0.3, -0.25) is 14.9 Å². The number of non-ortho nitro benzene ring substituents is 1. The Morgan fingerprint density at radius 2 is 1.70 bits per heavy atom. The summed E-state index contributed by atoms with van der Waals surface area (Å²) in [5, 5.41) is 16.3. The van der Waals surface area contributed by atoms with Gasteiger partial charge in [0.25, 0.3) is 5.69 Å². The van der Waals surface area contributed by atoms with Crippen molar-refractivity contribution < 1.29 is 14.1 Å². The fourth-order valence-electron chi connectivity index (χ4n) is 1.96. The van der Waals surface area contributed by atoms with E-state index in [0.29, 0.717) is 13.1 Å². The van der Waals surface area contributed by atoms with Gasteiger partial charge in [-0.15, -0.1) is 0 Å². The number of halogens is 1. The van der Waals surface area contributed by atoms with Crippen molar-refractivity contribution in [1.82, 2.24) is 5.32 Å². The van der Waals surface area contributed by atoms with Gasteiger partial charge in [-0.25, -0.2) is 4.39 Å². The molecule has 0 saturated carbocycles. The molecule has 0 aliphatic rings. The third-order valence-electron chi connectivity index (χ3n) is 3.13. The average molecular weight is 317 g/mol. The first-order chi connectivity index (χ1) is 11.0. The summed E-state index contributed by atoms with van der Waals surface area (Å²) in [5.41, 5.74) is 1.51. The summed E-state index contributed by atoms with van der Waals surface area (Å²) in [4.78, 5) is 21.8. The second kappa shape index (κ2) is 7.88. The molecule has 2 aromatic rings. The number of nitro benzene ring substituents is 1. The lowest BCUT2D eigenvalue weighted by Gasteiger charge is -2.08. The van der Waals surface area contributed by atoms with E-state index in [-0.39, 0.29) is 23.8 Å². The molecular weight excluding hydrogens is 301 g/mol. The summed E-state index contributed by atoms with van der Waals surface area (Å²) in [7, 11) is 0. The van der Waals surface area contributed by atoms with Crippen molar-refractivity contribution >= 4 is 17.3 Å². The van der Waals surface area contributed by atoms with Gasteiger partial charge in [-0.05, 0) is 29.8 Å². The van der Waals surface area contributed by atoms with E-state index in [4.69, 9.17) is 0 Å². The minimum absolute atomic E-state index is 0.0307. The fraction of sp³-hybridized carbons (Fsp3) is 0.188. The predicted octanol–water partition coefficient (Wildman–Crippen LogP) is 2.50. The Morgan fingerprint density at radius 1 is 1.04 bits per heavy atom. The van der Waals surface area contributed by atoms with Gasteiger partial charge in [0.1, 0.15) is 5.82 Å². The lowest BCUT2D eigenvalue weighted by atomic mass is 10.1. The Kier molecular flexibility index (Phi) is 5.62. The molecule has 2 aromatic carbocycles. The number of carbonyl (C=O) groups is 1. The molecule has 6 nitrogen and oxygen atoms in total. The molecule has 0 aliphatic heterocycles. The van der Waals surface area contributed by atoms with Crippen molar-refractivity contribution in [2.45, 2.75) is 6.42 Å². The van der Waals surface area contributed by atoms with E-state index in [1.54, 1.807) is 24.3 Å². The molecule has 0 fully saturated rings. The molecule has 0 heterocycles. The zero-order valence-corrected chi connectivity index (χ0v) is 12.3. The van der Waals surface area contributed by atoms with Gasteiger partial charge in [-0.1, -0.05) is 12.1 Å². The van der Waals surface area contributed by atoms with Crippen LogP contribution in [0.15, 0.2) is 48.5 Å². The third kappa shape index (κ3) is 5.39. The maximum atomic E-state index is 12.8. The molecule has 120 valence electrons. The van der Waals surface area contributed by atoms with Crippen molar-refractivity contribution in [1.29, 1.82) is 0 Å². The quantitative estimate of drug-likeness (QED) is 0.467. The average Bonchev–Trinajstić information content (AvgIpc) is 2.54. The molecule has 1 amide bonds. The van der Waals surface area contributed by atoms with Gasteiger partial charge in [0, 0.05) is 30.9 Å². The van der Waals surface area contributed by atoms with E-state index in [2.05, 4.69) is 10.6 Å². The second-order valence-corrected chi connectivity index (χ2v) is 4.88. The van der Waals surface area contributed by atoms with E-state index in [0.717, 1.165) is 11.3 Å². The fourth-order valence-corrected chi connectivity index (χ4v) is 1.96. The Bertz CT molecular complexity index is 672. The van der Waals surface area contributed by atoms with Crippen LogP contribution in [0.3, 0.4) is 0 Å². The van der Waals surface area contributed by atoms with Crippen LogP contribution in [0.1, 0.15) is 5.56 Å². The number of nitro groups is 1. The van der Waals surface area contributed by atoms with Crippen LogP contribution in [0.5, 0.6) is 0 Å². The highest BCUT2D eigenvalue weighted by molar-refractivity contribution is 5.78. The zero-order valence-electron chi connectivity index (χ0n) is 12.3. The monoisotopic (exact) mass is 317 g/mol. The third-order valence-corrected chi connectivity index (χ3v) is 3.13. The first kappa shape index (κ1) is 16.4. The Hall–Kier alpha value is -2.96. The topological polar surface area (TPSA) is 84.3 Å². The molecule has 0 bridgehead atoms. The van der Waals surface area contributed by atoms with Crippen molar-refractivity contribution in [2.24, 2.45) is 0 Å². The van der Waals surface area contributed by atoms with Gasteiger partial charge < -0.3 is 10.6 Å². The molecule has 7 heteroatoms. The van der Waals surface area contributed by atoms with E-state index in [1.807, 2.05) is 0 Å². The molecule has 0 spiro atoms. The van der Waals surface area contributed by atoms with Gasteiger partial charge in [0.2, 0.25) is 5.91 Å². The minimum Gasteiger partial charge on any atom is -0.383 e. The van der Waals surface area contributed by atoms with Crippen molar-refractivity contribution in [3.05, 3.63) is 70.0 Å². The van der Waals surface area contributed by atoms with Gasteiger partial charge in [0.05, 0.1) is 11.3 Å². The van der Waals surface area contributed by atoms with Crippen LogP contribution >= 0.6 is 0 Å². The van der Waals surface area contributed by atoms with E-state index in [1.165, 1.54) is 24.3 Å². The first-order valence-electron chi connectivity index (χ1n) is 7.04. The van der Waals surface area contributed by atoms with Crippen molar-refractivity contribution in [3.8, 4) is 0 Å². The largest absolute Gasteiger partial charge is 0.383 e. The standard InChI is InChI=1S/C16H16FN3O3/c17-13-3-1-12(2-4-13)11-16(21)19-10-9-18-14-5-7-15(8-6-14)20(22)23/h1-8,18H,9-11H2,(H,19,21). The number of hydrogen-bond acceptors (Lipinski definition) is 4. The number of hydrogen-bond donors (Lipinski definition) is 2. The highest BCUT2D eigenvalue weighted by atomic mass is 19.1. The Morgan fingerprint density at radius 3 is 2.30 bits per heavy atom. The van der Waals surface area contributed by atoms with Crippen molar-refractivity contribution in [3.63, 3.8) is 0 Å². The summed E-state index contributed by atoms with van der Waals surface area (Å²) in [6, 6.07) is 11.8. The van der Waals surface area contributed by atoms with E-state index >= 15 is 0 Å². The smallest absolute Gasteiger partial charge is 0.269 e. The SMILES string of the molecule is O=C(Cc1ccc(F)cc1)NCCNc1ccc([N+](=O)[O-])cc1. The van der Waals surface area contributed by atoms with Crippen LogP contribution in [0.4, 0.5) is 15.8 Å². The highest BCUT2D eigenvalue weighted by Crippen LogP contribution is 2.14. The lowest BCUT2D eigenvalue weighted by Crippen LogP contribution is -2.30. The Balaban J connectivity index is 1.69. The van der Waals surface area contributed by atoms with Crippen LogP contribution in [0, 0.1) is 15.9 Å². The lowest BCUT2D eigenvalue weighted by molar-refractivity contribution is -0.384. The number of amides is 1. The second-order valence-electron chi connectivity index (χ2n) is 4.88. The van der Waals surface area contributed by atoms with Crippen LogP contribution in [-0.4, -0.2) is 23.9 Å². The summed E-state index contributed by atoms with van der Waals surface area (Å²) in [6.07, 6.45) is 0.192. The summed E-state index contributed by atoms with van der Waals surface area (Å²) in [5.74, 6) is -0.483. The number of nitrogens with one attached hydrogen (secondary N) is 2. The number of nitrogens with zero attached hydrogens (tertiary/aromatic N) is 1. The maximum absolute atomic E-state index is 12.8. The summed E-state index contributed by atoms with van der Waals surface area (Å²) in [6.45, 7) is 0.907. The summed E-state index contributed by atoms with van der Waals surface area (Å²) < 4.78 is 12.8. The number of carbonyl (C=O) groups excluding carboxylic acids is 1. The molecule has 23 heavy (non-hydrogen) atoms. The molecule has 0 aromatic heterocycles. The first-order valence-corrected chi connectivity index (χ1v) is 7.04. The van der Waals surface area contributed by atoms with E-state index in [9.17, 15) is 19.3 Å². The predicted molar refractivity (Wildman–Crippen MR) is 84.7 cm³/mol. The van der Waals surface area contributed by atoms with Crippen LogP contribution in [-0.2, 0) is 11.2 Å². The number of benzene rings is 2. The molecule has 0 atom stereocenters. The molecule has 0 saturated heterocycles. The summed E-state index contributed by atoms with van der Waals surface area (Å²) >= 11 is 0. The molecule has 0 radical (unpaired) electrons. The number of rotatable bonds is 7. The normalized spacial score (nSPS) is 10.1. The molecule has 2 N–H and O–H groups in total. The van der Waals surface area contributed by atoms with Crippen molar-refractivity contribution in [2.75, 3.05) is 18.4 Å². The Labute approximate surface area is 132 Å². The van der Waals surface area contributed by atoms with Gasteiger partial charge >= 0.3 is 0 Å². The molecular formula is C16H16FN3O3. The van der Waals surface area contributed by atoms with Crippen LogP contribution < -0.4 is 10.6 Å².